The summed E-state index contributed by atoms with van der Waals surface area (Å²) in [7, 11) is 3.94. The first kappa shape index (κ1) is 19.7. The van der Waals surface area contributed by atoms with E-state index < -0.39 is 0 Å². The maximum absolute atomic E-state index is 6.42. The van der Waals surface area contributed by atoms with E-state index >= 15 is 0 Å². The van der Waals surface area contributed by atoms with Crippen molar-refractivity contribution in [2.24, 2.45) is 25.7 Å². The van der Waals surface area contributed by atoms with Crippen molar-refractivity contribution in [1.29, 1.82) is 0 Å². The van der Waals surface area contributed by atoms with Crippen LogP contribution < -0.4 is 16.9 Å². The van der Waals surface area contributed by atoms with Crippen molar-refractivity contribution in [2.45, 2.75) is 38.1 Å². The van der Waals surface area contributed by atoms with E-state index in [1.54, 1.807) is 5.01 Å². The molecule has 1 saturated carbocycles. The smallest absolute Gasteiger partial charge is 0.124 e. The fraction of sp³-hybridized carbons (Fsp3) is 0.391. The second-order valence-corrected chi connectivity index (χ2v) is 8.77. The molecule has 3 aromatic rings. The van der Waals surface area contributed by atoms with Crippen LogP contribution in [0.5, 0.6) is 0 Å². The zero-order valence-corrected chi connectivity index (χ0v) is 18.3. The molecule has 0 amide bonds. The van der Waals surface area contributed by atoms with Crippen molar-refractivity contribution in [3.8, 4) is 11.1 Å². The number of hydrogen-bond acceptors (Lipinski definition) is 6. The summed E-state index contributed by atoms with van der Waals surface area (Å²) < 4.78 is 3.77. The highest BCUT2D eigenvalue weighted by molar-refractivity contribution is 5.74. The van der Waals surface area contributed by atoms with E-state index in [9.17, 15) is 0 Å². The molecule has 162 valence electrons. The first-order chi connectivity index (χ1) is 14.9. The molecule has 2 aliphatic rings. The number of nitrogens with two attached hydrogens (primary N) is 2. The monoisotopic (exact) mass is 418 g/mol. The average Bonchev–Trinajstić information content (AvgIpc) is 3.42. The molecule has 0 spiro atoms. The van der Waals surface area contributed by atoms with Gasteiger partial charge in [-0.1, -0.05) is 12.1 Å². The number of nitrogens with one attached hydrogen (secondary N) is 1. The van der Waals surface area contributed by atoms with E-state index in [4.69, 9.17) is 16.7 Å². The van der Waals surface area contributed by atoms with Crippen molar-refractivity contribution in [3.63, 3.8) is 0 Å². The third-order valence-corrected chi connectivity index (χ3v) is 6.26. The Kier molecular flexibility index (Phi) is 4.74. The van der Waals surface area contributed by atoms with Gasteiger partial charge in [0.05, 0.1) is 23.6 Å². The third kappa shape index (κ3) is 3.67. The second-order valence-electron chi connectivity index (χ2n) is 8.77. The first-order valence-electron chi connectivity index (χ1n) is 10.8. The minimum atomic E-state index is 0.0805. The second kappa shape index (κ2) is 7.46. The number of nitrogens with zero attached hydrogens (tertiary/aromatic N) is 5. The molecular formula is C23H30N8. The van der Waals surface area contributed by atoms with Gasteiger partial charge >= 0.3 is 0 Å². The van der Waals surface area contributed by atoms with Crippen LogP contribution in [0.1, 0.15) is 55.0 Å². The van der Waals surface area contributed by atoms with Gasteiger partial charge < -0.3 is 16.1 Å². The molecule has 1 atom stereocenters. The lowest BCUT2D eigenvalue weighted by Gasteiger charge is -2.22. The summed E-state index contributed by atoms with van der Waals surface area (Å²) in [6.45, 7) is 2.61. The maximum Gasteiger partial charge on any atom is 0.124 e. The largest absolute Gasteiger partial charge is 0.401 e. The van der Waals surface area contributed by atoms with E-state index in [-0.39, 0.29) is 6.04 Å². The van der Waals surface area contributed by atoms with Gasteiger partial charge in [-0.05, 0) is 43.4 Å². The van der Waals surface area contributed by atoms with Crippen LogP contribution in [0.25, 0.3) is 16.8 Å². The third-order valence-electron chi connectivity index (χ3n) is 6.26. The fourth-order valence-corrected chi connectivity index (χ4v) is 4.48. The van der Waals surface area contributed by atoms with Gasteiger partial charge in [0, 0.05) is 55.6 Å². The maximum atomic E-state index is 6.42. The fourth-order valence-electron chi connectivity index (χ4n) is 4.48. The molecule has 1 fully saturated rings. The van der Waals surface area contributed by atoms with Crippen LogP contribution in [-0.2, 0) is 14.1 Å². The summed E-state index contributed by atoms with van der Waals surface area (Å²) in [4.78, 5) is 0. The molecule has 31 heavy (non-hydrogen) atoms. The summed E-state index contributed by atoms with van der Waals surface area (Å²) in [5.41, 5.74) is 13.5. The van der Waals surface area contributed by atoms with Crippen LogP contribution in [0.3, 0.4) is 0 Å². The van der Waals surface area contributed by atoms with Gasteiger partial charge in [0.25, 0.3) is 0 Å². The Balaban J connectivity index is 1.59. The number of fused-ring (bicyclic) bond motifs is 1. The van der Waals surface area contributed by atoms with Gasteiger partial charge in [-0.15, -0.1) is 0 Å². The molecule has 0 radical (unpaired) electrons. The Hall–Kier alpha value is -3.26. The Bertz CT molecular complexity index is 1150. The highest BCUT2D eigenvalue weighted by atomic mass is 15.4. The van der Waals surface area contributed by atoms with Gasteiger partial charge in [-0.2, -0.15) is 10.2 Å². The molecule has 1 unspecified atom stereocenters. The average molecular weight is 419 g/mol. The predicted molar refractivity (Wildman–Crippen MR) is 122 cm³/mol. The molecule has 5 rings (SSSR count). The van der Waals surface area contributed by atoms with Gasteiger partial charge in [-0.25, -0.2) is 5.84 Å². The summed E-state index contributed by atoms with van der Waals surface area (Å²) >= 11 is 0. The normalized spacial score (nSPS) is 20.4. The minimum absolute atomic E-state index is 0.0805. The molecule has 1 aromatic carbocycles. The molecule has 1 aliphatic heterocycles. The molecule has 1 aliphatic carbocycles. The number of hydrazine groups is 1. The van der Waals surface area contributed by atoms with E-state index in [0.717, 1.165) is 40.3 Å². The Morgan fingerprint density at radius 1 is 1.13 bits per heavy atom. The van der Waals surface area contributed by atoms with Crippen LogP contribution >= 0.6 is 0 Å². The van der Waals surface area contributed by atoms with Gasteiger partial charge in [-0.3, -0.25) is 9.36 Å². The van der Waals surface area contributed by atoms with Crippen molar-refractivity contribution in [3.05, 3.63) is 59.2 Å². The van der Waals surface area contributed by atoms with Crippen LogP contribution in [0, 0.1) is 0 Å². The van der Waals surface area contributed by atoms with E-state index in [1.165, 1.54) is 24.1 Å². The molecule has 3 heterocycles. The zero-order chi connectivity index (χ0) is 21.7. The van der Waals surface area contributed by atoms with Crippen molar-refractivity contribution < 1.29 is 0 Å². The minimum Gasteiger partial charge on any atom is -0.401 e. The van der Waals surface area contributed by atoms with Crippen molar-refractivity contribution in [1.82, 2.24) is 24.6 Å². The topological polar surface area (TPSA) is 103 Å². The lowest BCUT2D eigenvalue weighted by Crippen LogP contribution is -2.31. The predicted octanol–water partition coefficient (Wildman–Crippen LogP) is 3.08. The molecule has 8 heteroatoms. The quantitative estimate of drug-likeness (QED) is 0.563. The first-order valence-corrected chi connectivity index (χ1v) is 10.8. The lowest BCUT2D eigenvalue weighted by molar-refractivity contribution is 0.401. The molecule has 8 nitrogen and oxygen atoms in total. The van der Waals surface area contributed by atoms with Crippen LogP contribution in [0.15, 0.2) is 42.4 Å². The Morgan fingerprint density at radius 2 is 1.94 bits per heavy atom. The van der Waals surface area contributed by atoms with E-state index in [2.05, 4.69) is 34.7 Å². The SMILES string of the molecule is C/C(N)=C1\c2ccc(-c3cnn(C)c3)cc2C(Nc2cc(C3CC3)nn2C)CCN1N. The van der Waals surface area contributed by atoms with E-state index in [1.807, 2.05) is 42.8 Å². The van der Waals surface area contributed by atoms with Gasteiger partial charge in [0.1, 0.15) is 5.82 Å². The van der Waals surface area contributed by atoms with Crippen molar-refractivity contribution >= 4 is 11.5 Å². The number of aromatic nitrogens is 4. The standard InChI is InChI=1S/C23H30N8/c1-14(24)23-18-7-6-16(17-12-26-29(2)13-17)10-19(18)20(8-9-31(23)25)27-22-11-21(15-4-5-15)28-30(22)3/h6-7,10-13,15,20,27H,4-5,8-9,24-25H2,1-3H3/b23-14-. The number of anilines is 1. The van der Waals surface area contributed by atoms with Crippen LogP contribution in [0.4, 0.5) is 5.82 Å². The summed E-state index contributed by atoms with van der Waals surface area (Å²) in [5, 5.41) is 14.6. The molecule has 0 bridgehead atoms. The van der Waals surface area contributed by atoms with E-state index in [0.29, 0.717) is 12.5 Å². The number of hydrogen-bond donors (Lipinski definition) is 3. The lowest BCUT2D eigenvalue weighted by atomic mass is 9.93. The molecule has 0 saturated heterocycles. The molecule has 2 aromatic heterocycles. The number of rotatable bonds is 4. The summed E-state index contributed by atoms with van der Waals surface area (Å²) in [5.74, 6) is 8.07. The summed E-state index contributed by atoms with van der Waals surface area (Å²) in [6, 6.07) is 8.76. The zero-order valence-electron chi connectivity index (χ0n) is 18.3. The Morgan fingerprint density at radius 3 is 2.61 bits per heavy atom. The number of allylic oxidation sites excluding steroid dienone is 1. The van der Waals surface area contributed by atoms with Gasteiger partial charge in [0.2, 0.25) is 0 Å². The van der Waals surface area contributed by atoms with Crippen molar-refractivity contribution in [2.75, 3.05) is 11.9 Å². The highest BCUT2D eigenvalue weighted by Gasteiger charge is 2.29. The van der Waals surface area contributed by atoms with Crippen LogP contribution in [-0.4, -0.2) is 31.1 Å². The molecular weight excluding hydrogens is 388 g/mol. The van der Waals surface area contributed by atoms with Crippen LogP contribution in [0.2, 0.25) is 0 Å². The number of aryl methyl sites for hydroxylation is 2. The Labute approximate surface area is 182 Å². The summed E-state index contributed by atoms with van der Waals surface area (Å²) in [6.07, 6.45) is 7.25. The molecule has 5 N–H and O–H groups in total. The number of benzene rings is 1. The highest BCUT2D eigenvalue weighted by Crippen LogP contribution is 2.41. The van der Waals surface area contributed by atoms with Gasteiger partial charge in [0.15, 0.2) is 0 Å².